The summed E-state index contributed by atoms with van der Waals surface area (Å²) < 4.78 is 10.0. The third-order valence-corrected chi connectivity index (χ3v) is 7.41. The zero-order chi connectivity index (χ0) is 26.7. The maximum absolute atomic E-state index is 13.7. The normalized spacial score (nSPS) is 15.7. The number of fused-ring (bicyclic) bond motifs is 1. The van der Waals surface area contributed by atoms with Crippen LogP contribution < -0.4 is 21.0 Å². The average molecular weight is 514 g/mol. The second-order valence-corrected chi connectivity index (χ2v) is 9.82. The highest BCUT2D eigenvalue weighted by Crippen LogP contribution is 2.32. The van der Waals surface area contributed by atoms with Crippen molar-refractivity contribution in [3.05, 3.63) is 88.4 Å². The van der Waals surface area contributed by atoms with Gasteiger partial charge in [0.25, 0.3) is 5.91 Å². The number of benzene rings is 3. The summed E-state index contributed by atoms with van der Waals surface area (Å²) in [5.41, 5.74) is 1.85. The molecule has 5 rings (SSSR count). The second kappa shape index (κ2) is 10.8. The quantitative estimate of drug-likeness (QED) is 0.341. The molecule has 0 radical (unpaired) electrons. The van der Waals surface area contributed by atoms with Crippen LogP contribution in [0.1, 0.15) is 24.1 Å². The molecule has 8 heteroatoms. The van der Waals surface area contributed by atoms with Crippen LogP contribution in [0.25, 0.3) is 21.9 Å². The topological polar surface area (TPSA) is 114 Å². The average Bonchev–Trinajstić information content (AvgIpc) is 2.96. The van der Waals surface area contributed by atoms with Gasteiger partial charge in [0.2, 0.25) is 0 Å². The van der Waals surface area contributed by atoms with E-state index in [9.17, 15) is 14.7 Å². The first-order valence-electron chi connectivity index (χ1n) is 12.8. The molecule has 1 fully saturated rings. The smallest absolute Gasteiger partial charge is 0.366 e. The van der Waals surface area contributed by atoms with E-state index in [1.165, 1.54) is 0 Å². The number of aryl methyl sites for hydroxylation is 1. The van der Waals surface area contributed by atoms with Crippen LogP contribution in [0.2, 0.25) is 0 Å². The molecule has 196 valence electrons. The molecule has 0 bridgehead atoms. The molecule has 38 heavy (non-hydrogen) atoms. The number of methoxy groups -OCH3 is 1. The van der Waals surface area contributed by atoms with Gasteiger partial charge in [-0.05, 0) is 85.8 Å². The van der Waals surface area contributed by atoms with E-state index in [1.807, 2.05) is 48.5 Å². The van der Waals surface area contributed by atoms with Crippen LogP contribution in [0.4, 0.5) is 5.69 Å². The van der Waals surface area contributed by atoms with E-state index < -0.39 is 17.1 Å². The van der Waals surface area contributed by atoms with Gasteiger partial charge in [0.05, 0.1) is 18.2 Å². The fraction of sp³-hybridized carbons (Fsp3) is 0.300. The van der Waals surface area contributed by atoms with Gasteiger partial charge >= 0.3 is 5.63 Å². The number of ether oxygens (including phenoxy) is 1. The number of piperidine rings is 1. The van der Waals surface area contributed by atoms with Crippen LogP contribution in [0.5, 0.6) is 5.75 Å². The van der Waals surface area contributed by atoms with Crippen molar-refractivity contribution in [2.75, 3.05) is 25.5 Å². The third kappa shape index (κ3) is 5.18. The largest absolute Gasteiger partial charge is 0.497 e. The third-order valence-electron chi connectivity index (χ3n) is 7.41. The number of anilines is 1. The number of nitrogens with zero attached hydrogens (tertiary/aromatic N) is 1. The van der Waals surface area contributed by atoms with Crippen molar-refractivity contribution in [1.29, 1.82) is 0 Å². The monoisotopic (exact) mass is 513 g/mol. The summed E-state index contributed by atoms with van der Waals surface area (Å²) in [4.78, 5) is 25.7. The highest BCUT2D eigenvalue weighted by Gasteiger charge is 2.44. The van der Waals surface area contributed by atoms with Gasteiger partial charge in [-0.25, -0.2) is 4.79 Å². The number of nitrogens with one attached hydrogen (secondary N) is 2. The van der Waals surface area contributed by atoms with Gasteiger partial charge in [0.1, 0.15) is 11.4 Å². The summed E-state index contributed by atoms with van der Waals surface area (Å²) in [7, 11) is 1.64. The number of hydrogen-bond acceptors (Lipinski definition) is 7. The van der Waals surface area contributed by atoms with Gasteiger partial charge in [-0.15, -0.1) is 0 Å². The van der Waals surface area contributed by atoms with Crippen molar-refractivity contribution in [3.8, 4) is 16.9 Å². The molecule has 2 heterocycles. The maximum Gasteiger partial charge on any atom is 0.366 e. The standard InChI is InChI=1S/C30H31N3O5/c1-19-27-17-24(9-12-26(27)28(34)38-33-19)32-29(35)30(36,23-13-15-31-16-14-23)18-20-3-5-21(6-4-20)22-7-10-25(37-2)11-8-22/h3-12,17,23,31,36H,13-16,18H2,1-2H3,(H,32,35). The summed E-state index contributed by atoms with van der Waals surface area (Å²) >= 11 is 0. The molecule has 0 saturated carbocycles. The Morgan fingerprint density at radius 1 is 1.05 bits per heavy atom. The van der Waals surface area contributed by atoms with E-state index in [4.69, 9.17) is 9.26 Å². The molecule has 1 amide bonds. The Bertz CT molecular complexity index is 1490. The summed E-state index contributed by atoms with van der Waals surface area (Å²) in [6.45, 7) is 3.22. The van der Waals surface area contributed by atoms with Crippen LogP contribution in [-0.4, -0.2) is 42.0 Å². The number of hydrogen-bond donors (Lipinski definition) is 3. The summed E-state index contributed by atoms with van der Waals surface area (Å²) in [5, 5.41) is 22.9. The molecule has 1 aromatic heterocycles. The van der Waals surface area contributed by atoms with Crippen LogP contribution in [0.3, 0.4) is 0 Å². The fourth-order valence-electron chi connectivity index (χ4n) is 5.17. The van der Waals surface area contributed by atoms with Gasteiger partial charge < -0.3 is 25.0 Å². The molecular formula is C30H31N3O5. The van der Waals surface area contributed by atoms with Gasteiger partial charge in [0.15, 0.2) is 0 Å². The predicted octanol–water partition coefficient (Wildman–Crippen LogP) is 4.08. The molecule has 1 aliphatic heterocycles. The van der Waals surface area contributed by atoms with Crippen LogP contribution in [-0.2, 0) is 11.2 Å². The Hall–Kier alpha value is -4.01. The lowest BCUT2D eigenvalue weighted by molar-refractivity contribution is -0.141. The SMILES string of the molecule is COc1ccc(-c2ccc(CC(O)(C(=O)Nc3ccc4c(=O)onc(C)c4c3)C3CCNCC3)cc2)cc1. The molecule has 0 spiro atoms. The van der Waals surface area contributed by atoms with E-state index in [0.29, 0.717) is 35.0 Å². The summed E-state index contributed by atoms with van der Waals surface area (Å²) in [6, 6.07) is 20.7. The molecule has 3 aromatic carbocycles. The number of rotatable bonds is 7. The first-order valence-corrected chi connectivity index (χ1v) is 12.8. The highest BCUT2D eigenvalue weighted by molar-refractivity contribution is 5.99. The second-order valence-electron chi connectivity index (χ2n) is 9.82. The first kappa shape index (κ1) is 25.6. The number of carbonyl (C=O) groups excluding carboxylic acids is 1. The van der Waals surface area contributed by atoms with E-state index >= 15 is 0 Å². The highest BCUT2D eigenvalue weighted by atomic mass is 16.5. The molecule has 1 saturated heterocycles. The number of aromatic nitrogens is 1. The molecule has 4 aromatic rings. The minimum atomic E-state index is -1.61. The van der Waals surface area contributed by atoms with Gasteiger partial charge in [-0.3, -0.25) is 4.79 Å². The Labute approximate surface area is 220 Å². The zero-order valence-corrected chi connectivity index (χ0v) is 21.5. The van der Waals surface area contributed by atoms with Crippen molar-refractivity contribution >= 4 is 22.4 Å². The fourth-order valence-corrected chi connectivity index (χ4v) is 5.17. The number of amides is 1. The van der Waals surface area contributed by atoms with E-state index in [0.717, 1.165) is 35.5 Å². The Morgan fingerprint density at radius 3 is 2.37 bits per heavy atom. The molecule has 1 atom stereocenters. The first-order chi connectivity index (χ1) is 18.4. The van der Waals surface area contributed by atoms with Gasteiger partial charge in [-0.2, -0.15) is 0 Å². The summed E-state index contributed by atoms with van der Waals surface area (Å²) in [6.07, 6.45) is 1.56. The molecule has 3 N–H and O–H groups in total. The van der Waals surface area contributed by atoms with E-state index in [2.05, 4.69) is 15.8 Å². The van der Waals surface area contributed by atoms with Crippen LogP contribution in [0.15, 0.2) is 76.0 Å². The van der Waals surface area contributed by atoms with Crippen LogP contribution in [0, 0.1) is 12.8 Å². The lowest BCUT2D eigenvalue weighted by atomic mass is 9.76. The van der Waals surface area contributed by atoms with Crippen molar-refractivity contribution in [2.45, 2.75) is 31.8 Å². The van der Waals surface area contributed by atoms with E-state index in [-0.39, 0.29) is 12.3 Å². The molecule has 1 aliphatic rings. The minimum Gasteiger partial charge on any atom is -0.497 e. The molecule has 8 nitrogen and oxygen atoms in total. The lowest BCUT2D eigenvalue weighted by Crippen LogP contribution is -2.53. The van der Waals surface area contributed by atoms with Gasteiger partial charge in [-0.1, -0.05) is 41.6 Å². The molecule has 1 unspecified atom stereocenters. The van der Waals surface area contributed by atoms with Crippen molar-refractivity contribution in [1.82, 2.24) is 10.5 Å². The van der Waals surface area contributed by atoms with Crippen molar-refractivity contribution in [3.63, 3.8) is 0 Å². The number of carbonyl (C=O) groups is 1. The Balaban J connectivity index is 1.40. The Morgan fingerprint density at radius 2 is 1.71 bits per heavy atom. The lowest BCUT2D eigenvalue weighted by Gasteiger charge is -2.37. The van der Waals surface area contributed by atoms with Gasteiger partial charge in [0, 0.05) is 17.5 Å². The van der Waals surface area contributed by atoms with Crippen molar-refractivity contribution < 1.29 is 19.2 Å². The number of aliphatic hydroxyl groups is 1. The van der Waals surface area contributed by atoms with Crippen LogP contribution >= 0.6 is 0 Å². The molecular weight excluding hydrogens is 482 g/mol. The minimum absolute atomic E-state index is 0.185. The Kier molecular flexibility index (Phi) is 7.26. The zero-order valence-electron chi connectivity index (χ0n) is 21.5. The van der Waals surface area contributed by atoms with E-state index in [1.54, 1.807) is 32.2 Å². The maximum atomic E-state index is 13.7. The molecule has 0 aliphatic carbocycles. The predicted molar refractivity (Wildman–Crippen MR) is 146 cm³/mol. The van der Waals surface area contributed by atoms with Crippen molar-refractivity contribution in [2.24, 2.45) is 5.92 Å². The summed E-state index contributed by atoms with van der Waals surface area (Å²) in [5.74, 6) is 0.127.